The SMILES string of the molecule is CN1C(CCN2CCCCC2)=C(C(=O)O)C(c2ccc(C(F)(F)F)cc2)C(C(=O)O)=C1CCN1CCCCC1. The second-order valence-corrected chi connectivity index (χ2v) is 10.7. The average molecular weight is 550 g/mol. The molecule has 0 bridgehead atoms. The predicted octanol–water partition coefficient (Wildman–Crippen LogP) is 5.16. The van der Waals surface area contributed by atoms with Gasteiger partial charge in [0.25, 0.3) is 0 Å². The number of nitrogens with zero attached hydrogens (tertiary/aromatic N) is 3. The molecule has 214 valence electrons. The van der Waals surface area contributed by atoms with Crippen molar-refractivity contribution in [3.63, 3.8) is 0 Å². The van der Waals surface area contributed by atoms with Gasteiger partial charge in [-0.2, -0.15) is 13.2 Å². The number of benzene rings is 1. The molecule has 0 spiro atoms. The zero-order valence-corrected chi connectivity index (χ0v) is 22.5. The molecule has 0 unspecified atom stereocenters. The standard InChI is InChI=1S/C29H38F3N3O4/c1-33-22(12-18-34-14-4-2-5-15-34)25(27(36)37)24(20-8-10-21(11-9-20)29(30,31)32)26(28(38)39)23(33)13-19-35-16-6-3-7-17-35/h8-11,24H,2-7,12-19H2,1H3,(H,36,37)(H,38,39). The first-order valence-corrected chi connectivity index (χ1v) is 13.9. The van der Waals surface area contributed by atoms with Crippen molar-refractivity contribution in [2.45, 2.75) is 63.5 Å². The van der Waals surface area contributed by atoms with E-state index in [9.17, 15) is 33.0 Å². The summed E-state index contributed by atoms with van der Waals surface area (Å²) in [5.74, 6) is -3.69. The van der Waals surface area contributed by atoms with Gasteiger partial charge in [0.1, 0.15) is 0 Å². The molecule has 0 amide bonds. The molecule has 39 heavy (non-hydrogen) atoms. The van der Waals surface area contributed by atoms with Crippen molar-refractivity contribution in [1.29, 1.82) is 0 Å². The lowest BCUT2D eigenvalue weighted by atomic mass is 9.78. The van der Waals surface area contributed by atoms with Gasteiger partial charge >= 0.3 is 18.1 Å². The van der Waals surface area contributed by atoms with Gasteiger partial charge in [0, 0.05) is 44.4 Å². The topological polar surface area (TPSA) is 84.3 Å². The summed E-state index contributed by atoms with van der Waals surface area (Å²) in [5, 5.41) is 20.8. The van der Waals surface area contributed by atoms with Crippen LogP contribution in [0.25, 0.3) is 0 Å². The Morgan fingerprint density at radius 3 is 1.54 bits per heavy atom. The molecule has 2 N–H and O–H groups in total. The van der Waals surface area contributed by atoms with Crippen LogP contribution in [0.4, 0.5) is 13.2 Å². The zero-order valence-electron chi connectivity index (χ0n) is 22.5. The highest BCUT2D eigenvalue weighted by Gasteiger charge is 2.41. The van der Waals surface area contributed by atoms with E-state index in [1.165, 1.54) is 25.0 Å². The number of aliphatic carboxylic acids is 2. The molecule has 3 aliphatic heterocycles. The van der Waals surface area contributed by atoms with E-state index >= 15 is 0 Å². The highest BCUT2D eigenvalue weighted by molar-refractivity contribution is 5.98. The molecule has 0 aliphatic carbocycles. The van der Waals surface area contributed by atoms with Gasteiger partial charge in [-0.05, 0) is 69.6 Å². The Morgan fingerprint density at radius 2 is 1.18 bits per heavy atom. The number of likely N-dealkylation sites (tertiary alicyclic amines) is 2. The Balaban J connectivity index is 1.77. The van der Waals surface area contributed by atoms with Gasteiger partial charge in [-0.15, -0.1) is 0 Å². The van der Waals surface area contributed by atoms with Gasteiger partial charge in [-0.3, -0.25) is 0 Å². The van der Waals surface area contributed by atoms with Crippen LogP contribution >= 0.6 is 0 Å². The van der Waals surface area contributed by atoms with E-state index < -0.39 is 29.6 Å². The van der Waals surface area contributed by atoms with Crippen molar-refractivity contribution in [2.75, 3.05) is 46.3 Å². The summed E-state index contributed by atoms with van der Waals surface area (Å²) >= 11 is 0. The molecule has 3 heterocycles. The summed E-state index contributed by atoms with van der Waals surface area (Å²) in [6.45, 7) is 5.00. The van der Waals surface area contributed by atoms with Crippen molar-refractivity contribution in [3.05, 3.63) is 57.9 Å². The van der Waals surface area contributed by atoms with E-state index in [0.717, 1.165) is 64.0 Å². The lowest BCUT2D eigenvalue weighted by molar-refractivity contribution is -0.138. The fraction of sp³-hybridized carbons (Fsp3) is 0.586. The van der Waals surface area contributed by atoms with E-state index in [1.807, 2.05) is 0 Å². The summed E-state index contributed by atoms with van der Waals surface area (Å²) in [6, 6.07) is 4.23. The van der Waals surface area contributed by atoms with Crippen LogP contribution < -0.4 is 0 Å². The van der Waals surface area contributed by atoms with Gasteiger partial charge in [-0.1, -0.05) is 25.0 Å². The van der Waals surface area contributed by atoms with Crippen molar-refractivity contribution < 1.29 is 33.0 Å². The van der Waals surface area contributed by atoms with Crippen molar-refractivity contribution in [1.82, 2.24) is 14.7 Å². The molecule has 0 saturated carbocycles. The number of alkyl halides is 3. The van der Waals surface area contributed by atoms with E-state index in [1.54, 1.807) is 11.9 Å². The normalized spacial score (nSPS) is 20.6. The molecule has 2 saturated heterocycles. The Bertz CT molecular complexity index is 1040. The largest absolute Gasteiger partial charge is 0.478 e. The molecule has 4 rings (SSSR count). The van der Waals surface area contributed by atoms with Crippen LogP contribution in [0.3, 0.4) is 0 Å². The Hall–Kier alpha value is -2.85. The molecule has 1 aromatic rings. The minimum Gasteiger partial charge on any atom is -0.478 e. The van der Waals surface area contributed by atoms with Crippen LogP contribution in [-0.4, -0.2) is 83.2 Å². The van der Waals surface area contributed by atoms with E-state index in [2.05, 4.69) is 9.80 Å². The van der Waals surface area contributed by atoms with Crippen molar-refractivity contribution >= 4 is 11.9 Å². The molecule has 1 aromatic carbocycles. The van der Waals surface area contributed by atoms with Gasteiger partial charge in [0.2, 0.25) is 0 Å². The molecule has 0 atom stereocenters. The summed E-state index contributed by atoms with van der Waals surface area (Å²) in [6.07, 6.45) is 2.93. The van der Waals surface area contributed by atoms with E-state index in [-0.39, 0.29) is 16.7 Å². The minimum atomic E-state index is -4.55. The Kier molecular flexibility index (Phi) is 9.38. The number of hydrogen-bond acceptors (Lipinski definition) is 5. The maximum Gasteiger partial charge on any atom is 0.416 e. The molecule has 0 radical (unpaired) electrons. The smallest absolute Gasteiger partial charge is 0.416 e. The third-order valence-electron chi connectivity index (χ3n) is 8.27. The maximum atomic E-state index is 13.3. The van der Waals surface area contributed by atoms with E-state index in [4.69, 9.17) is 0 Å². The number of carbonyl (C=O) groups is 2. The highest BCUT2D eigenvalue weighted by Crippen LogP contribution is 2.44. The number of piperidine rings is 2. The number of rotatable bonds is 9. The van der Waals surface area contributed by atoms with Gasteiger partial charge in [-0.25, -0.2) is 9.59 Å². The van der Waals surface area contributed by atoms with Crippen molar-refractivity contribution in [3.8, 4) is 0 Å². The summed E-state index contributed by atoms with van der Waals surface area (Å²) in [5.41, 5.74) is 0.267. The van der Waals surface area contributed by atoms with Crippen LogP contribution in [0.5, 0.6) is 0 Å². The second-order valence-electron chi connectivity index (χ2n) is 10.7. The molecular formula is C29H38F3N3O4. The lowest BCUT2D eigenvalue weighted by Gasteiger charge is -2.39. The summed E-state index contributed by atoms with van der Waals surface area (Å²) in [7, 11) is 1.73. The number of halogens is 3. The molecule has 10 heteroatoms. The fourth-order valence-corrected chi connectivity index (χ4v) is 6.19. The number of carboxylic acids is 2. The average Bonchev–Trinajstić information content (AvgIpc) is 2.91. The summed E-state index contributed by atoms with van der Waals surface area (Å²) < 4.78 is 39.8. The molecule has 7 nitrogen and oxygen atoms in total. The number of hydrogen-bond donors (Lipinski definition) is 2. The molecule has 3 aliphatic rings. The first-order chi connectivity index (χ1) is 18.6. The Labute approximate surface area is 227 Å². The first-order valence-electron chi connectivity index (χ1n) is 13.9. The van der Waals surface area contributed by atoms with Gasteiger partial charge in [0.05, 0.1) is 22.6 Å². The lowest BCUT2D eigenvalue weighted by Crippen LogP contribution is -2.38. The quantitative estimate of drug-likeness (QED) is 0.440. The van der Waals surface area contributed by atoms with Crippen molar-refractivity contribution in [2.24, 2.45) is 0 Å². The molecule has 0 aromatic heterocycles. The van der Waals surface area contributed by atoms with E-state index in [0.29, 0.717) is 37.3 Å². The number of carboxylic acid groups (broad SMARTS) is 2. The van der Waals surface area contributed by atoms with Crippen LogP contribution in [0.2, 0.25) is 0 Å². The Morgan fingerprint density at radius 1 is 0.769 bits per heavy atom. The predicted molar refractivity (Wildman–Crippen MR) is 141 cm³/mol. The van der Waals surface area contributed by atoms with Gasteiger partial charge in [0.15, 0.2) is 0 Å². The zero-order chi connectivity index (χ0) is 28.2. The fourth-order valence-electron chi connectivity index (χ4n) is 6.19. The van der Waals surface area contributed by atoms with Crippen LogP contribution in [0.15, 0.2) is 46.8 Å². The third-order valence-corrected chi connectivity index (χ3v) is 8.27. The molecular weight excluding hydrogens is 511 g/mol. The second kappa shape index (κ2) is 12.6. The monoisotopic (exact) mass is 549 g/mol. The maximum absolute atomic E-state index is 13.3. The highest BCUT2D eigenvalue weighted by atomic mass is 19.4. The summed E-state index contributed by atoms with van der Waals surface area (Å²) in [4.78, 5) is 31.8. The minimum absolute atomic E-state index is 0.0756. The van der Waals surface area contributed by atoms with Crippen LogP contribution in [0, 0.1) is 0 Å². The van der Waals surface area contributed by atoms with Gasteiger partial charge < -0.3 is 24.9 Å². The van der Waals surface area contributed by atoms with Crippen LogP contribution in [0.1, 0.15) is 68.4 Å². The molecule has 2 fully saturated rings. The third kappa shape index (κ3) is 6.84. The first kappa shape index (κ1) is 29.1. The van der Waals surface area contributed by atoms with Crippen LogP contribution in [-0.2, 0) is 15.8 Å².